The molecule has 2 heterocycles. The lowest BCUT2D eigenvalue weighted by atomic mass is 10.4. The normalized spacial score (nSPS) is 10.7. The minimum atomic E-state index is -0.116. The molecule has 0 radical (unpaired) electrons. The lowest BCUT2D eigenvalue weighted by molar-refractivity contribution is -0.121. The fourth-order valence-corrected chi connectivity index (χ4v) is 1.68. The number of furan rings is 1. The Morgan fingerprint density at radius 1 is 1.52 bits per heavy atom. The van der Waals surface area contributed by atoms with Crippen molar-refractivity contribution in [2.45, 2.75) is 26.1 Å². The Kier molecular flexibility index (Phi) is 5.92. The first-order chi connectivity index (χ1) is 10.3. The SMILES string of the molecule is NCc1cn(CC(=O)NCCCOCc2ccco2)nn1. The van der Waals surface area contributed by atoms with E-state index >= 15 is 0 Å². The van der Waals surface area contributed by atoms with Crippen LogP contribution in [0.2, 0.25) is 0 Å². The summed E-state index contributed by atoms with van der Waals surface area (Å²) in [4.78, 5) is 11.6. The van der Waals surface area contributed by atoms with Crippen LogP contribution >= 0.6 is 0 Å². The predicted octanol–water partition coefficient (Wildman–Crippen LogP) is 0.0529. The zero-order valence-electron chi connectivity index (χ0n) is 11.7. The van der Waals surface area contributed by atoms with Gasteiger partial charge < -0.3 is 20.2 Å². The smallest absolute Gasteiger partial charge is 0.241 e. The van der Waals surface area contributed by atoms with Crippen molar-refractivity contribution in [3.05, 3.63) is 36.0 Å². The number of carbonyl (C=O) groups is 1. The number of nitrogens with two attached hydrogens (primary N) is 1. The number of nitrogens with one attached hydrogen (secondary N) is 1. The van der Waals surface area contributed by atoms with Crippen molar-refractivity contribution in [3.8, 4) is 0 Å². The van der Waals surface area contributed by atoms with Crippen molar-refractivity contribution in [1.29, 1.82) is 0 Å². The molecule has 2 aromatic heterocycles. The van der Waals surface area contributed by atoms with Crippen molar-refractivity contribution in [2.75, 3.05) is 13.2 Å². The number of ether oxygens (including phenoxy) is 1. The maximum absolute atomic E-state index is 11.6. The van der Waals surface area contributed by atoms with E-state index in [4.69, 9.17) is 14.9 Å². The Morgan fingerprint density at radius 2 is 2.43 bits per heavy atom. The zero-order valence-corrected chi connectivity index (χ0v) is 11.7. The molecule has 0 spiro atoms. The van der Waals surface area contributed by atoms with Gasteiger partial charge >= 0.3 is 0 Å². The molecule has 0 saturated carbocycles. The molecular weight excluding hydrogens is 274 g/mol. The maximum Gasteiger partial charge on any atom is 0.241 e. The highest BCUT2D eigenvalue weighted by Gasteiger charge is 2.04. The third-order valence-electron chi connectivity index (χ3n) is 2.71. The van der Waals surface area contributed by atoms with Crippen LogP contribution in [0.15, 0.2) is 29.0 Å². The van der Waals surface area contributed by atoms with Gasteiger partial charge in [-0.05, 0) is 18.6 Å². The molecule has 3 N–H and O–H groups in total. The molecule has 0 aliphatic carbocycles. The summed E-state index contributed by atoms with van der Waals surface area (Å²) in [5.41, 5.74) is 6.08. The first kappa shape index (κ1) is 15.2. The number of hydrogen-bond donors (Lipinski definition) is 2. The third kappa shape index (κ3) is 5.36. The van der Waals surface area contributed by atoms with Crippen LogP contribution in [0.1, 0.15) is 17.9 Å². The van der Waals surface area contributed by atoms with Gasteiger partial charge in [0.25, 0.3) is 0 Å². The van der Waals surface area contributed by atoms with Crippen molar-refractivity contribution < 1.29 is 13.9 Å². The molecule has 1 amide bonds. The van der Waals surface area contributed by atoms with Crippen LogP contribution in [0.3, 0.4) is 0 Å². The Hall–Kier alpha value is -2.19. The molecule has 114 valence electrons. The van der Waals surface area contributed by atoms with Crippen LogP contribution in [-0.2, 0) is 29.2 Å². The summed E-state index contributed by atoms with van der Waals surface area (Å²) < 4.78 is 12.0. The van der Waals surface area contributed by atoms with Crippen LogP contribution in [0.4, 0.5) is 0 Å². The monoisotopic (exact) mass is 293 g/mol. The summed E-state index contributed by atoms with van der Waals surface area (Å²) >= 11 is 0. The summed E-state index contributed by atoms with van der Waals surface area (Å²) in [7, 11) is 0. The summed E-state index contributed by atoms with van der Waals surface area (Å²) in [5.74, 6) is 0.676. The molecule has 0 aliphatic rings. The highest BCUT2D eigenvalue weighted by Crippen LogP contribution is 2.01. The zero-order chi connectivity index (χ0) is 14.9. The van der Waals surface area contributed by atoms with Crippen molar-refractivity contribution in [2.24, 2.45) is 5.73 Å². The molecule has 8 nitrogen and oxygen atoms in total. The summed E-state index contributed by atoms with van der Waals surface area (Å²) in [6.07, 6.45) is 4.00. The van der Waals surface area contributed by atoms with E-state index in [1.807, 2.05) is 12.1 Å². The fraction of sp³-hybridized carbons (Fsp3) is 0.462. The molecule has 0 unspecified atom stereocenters. The molecule has 0 aromatic carbocycles. The summed E-state index contributed by atoms with van der Waals surface area (Å²) in [6.45, 7) is 2.01. The number of rotatable bonds is 9. The molecule has 2 rings (SSSR count). The van der Waals surface area contributed by atoms with Crippen LogP contribution in [0, 0.1) is 0 Å². The third-order valence-corrected chi connectivity index (χ3v) is 2.71. The van der Waals surface area contributed by atoms with Gasteiger partial charge in [-0.15, -0.1) is 5.10 Å². The topological polar surface area (TPSA) is 108 Å². The minimum absolute atomic E-state index is 0.116. The molecule has 0 saturated heterocycles. The molecule has 2 aromatic rings. The second-order valence-electron chi connectivity index (χ2n) is 4.45. The number of hydrogen-bond acceptors (Lipinski definition) is 6. The number of nitrogens with zero attached hydrogens (tertiary/aromatic N) is 3. The van der Waals surface area contributed by atoms with Crippen LogP contribution < -0.4 is 11.1 Å². The van der Waals surface area contributed by atoms with Gasteiger partial charge in [0, 0.05) is 19.7 Å². The second kappa shape index (κ2) is 8.18. The lowest BCUT2D eigenvalue weighted by Gasteiger charge is -2.05. The molecular formula is C13H19N5O3. The minimum Gasteiger partial charge on any atom is -0.467 e. The van der Waals surface area contributed by atoms with Gasteiger partial charge in [0.2, 0.25) is 5.91 Å². The molecule has 0 fully saturated rings. The van der Waals surface area contributed by atoms with Crippen molar-refractivity contribution >= 4 is 5.91 Å². The van der Waals surface area contributed by atoms with E-state index in [1.165, 1.54) is 4.68 Å². The van der Waals surface area contributed by atoms with Gasteiger partial charge in [-0.25, -0.2) is 4.68 Å². The average Bonchev–Trinajstić information content (AvgIpc) is 3.14. The average molecular weight is 293 g/mol. The second-order valence-corrected chi connectivity index (χ2v) is 4.45. The van der Waals surface area contributed by atoms with E-state index in [-0.39, 0.29) is 12.5 Å². The van der Waals surface area contributed by atoms with Gasteiger partial charge in [-0.1, -0.05) is 5.21 Å². The molecule has 8 heteroatoms. The highest BCUT2D eigenvalue weighted by atomic mass is 16.5. The Bertz CT molecular complexity index is 538. The highest BCUT2D eigenvalue weighted by molar-refractivity contribution is 5.75. The van der Waals surface area contributed by atoms with Crippen LogP contribution in [0.5, 0.6) is 0 Å². The van der Waals surface area contributed by atoms with Gasteiger partial charge in [0.05, 0.1) is 18.2 Å². The fourth-order valence-electron chi connectivity index (χ4n) is 1.68. The first-order valence-corrected chi connectivity index (χ1v) is 6.74. The lowest BCUT2D eigenvalue weighted by Crippen LogP contribution is -2.29. The number of carbonyl (C=O) groups excluding carboxylic acids is 1. The van der Waals surface area contributed by atoms with E-state index in [1.54, 1.807) is 12.5 Å². The van der Waals surface area contributed by atoms with E-state index < -0.39 is 0 Å². The summed E-state index contributed by atoms with van der Waals surface area (Å²) in [5, 5.41) is 10.4. The maximum atomic E-state index is 11.6. The van der Waals surface area contributed by atoms with E-state index in [9.17, 15) is 4.79 Å². The van der Waals surface area contributed by atoms with Gasteiger partial charge in [-0.2, -0.15) is 0 Å². The van der Waals surface area contributed by atoms with Gasteiger partial charge in [0.1, 0.15) is 18.9 Å². The van der Waals surface area contributed by atoms with Crippen LogP contribution in [0.25, 0.3) is 0 Å². The molecule has 21 heavy (non-hydrogen) atoms. The van der Waals surface area contributed by atoms with Gasteiger partial charge in [-0.3, -0.25) is 4.79 Å². The van der Waals surface area contributed by atoms with Crippen molar-refractivity contribution in [3.63, 3.8) is 0 Å². The Morgan fingerprint density at radius 3 is 3.14 bits per heavy atom. The first-order valence-electron chi connectivity index (χ1n) is 6.74. The standard InChI is InChI=1S/C13H19N5O3/c14-7-11-8-18(17-16-11)9-13(19)15-4-2-5-20-10-12-3-1-6-21-12/h1,3,6,8H,2,4-5,7,9-10,14H2,(H,15,19). The molecule has 0 bridgehead atoms. The largest absolute Gasteiger partial charge is 0.467 e. The van der Waals surface area contributed by atoms with E-state index in [0.29, 0.717) is 32.0 Å². The van der Waals surface area contributed by atoms with Crippen LogP contribution in [-0.4, -0.2) is 34.1 Å². The quantitative estimate of drug-likeness (QED) is 0.633. The van der Waals surface area contributed by atoms with Crippen molar-refractivity contribution in [1.82, 2.24) is 20.3 Å². The molecule has 0 aliphatic heterocycles. The predicted molar refractivity (Wildman–Crippen MR) is 73.9 cm³/mol. The Balaban J connectivity index is 1.52. The number of amides is 1. The van der Waals surface area contributed by atoms with E-state index in [2.05, 4.69) is 15.6 Å². The Labute approximate surface area is 122 Å². The van der Waals surface area contributed by atoms with Gasteiger partial charge in [0.15, 0.2) is 0 Å². The summed E-state index contributed by atoms with van der Waals surface area (Å²) in [6, 6.07) is 3.68. The molecule has 0 atom stereocenters. The van der Waals surface area contributed by atoms with E-state index in [0.717, 1.165) is 12.2 Å². The number of aromatic nitrogens is 3.